The van der Waals surface area contributed by atoms with E-state index in [1.165, 1.54) is 27.6 Å². The average Bonchev–Trinajstić information content (AvgIpc) is 3.15. The zero-order valence-electron chi connectivity index (χ0n) is 17.8. The van der Waals surface area contributed by atoms with Crippen molar-refractivity contribution in [3.8, 4) is 0 Å². The fourth-order valence-electron chi connectivity index (χ4n) is 4.04. The number of fused-ring (bicyclic) bond motifs is 2. The average molecular weight is 375 g/mol. The molecule has 4 heteroatoms. The lowest BCUT2D eigenvalue weighted by atomic mass is 9.94. The molecule has 0 aliphatic rings. The summed E-state index contributed by atoms with van der Waals surface area (Å²) in [5.74, 6) is 0.919. The van der Waals surface area contributed by atoms with Gasteiger partial charge in [0.2, 0.25) is 0 Å². The van der Waals surface area contributed by atoms with E-state index >= 15 is 0 Å². The molecule has 146 valence electrons. The lowest BCUT2D eigenvalue weighted by molar-refractivity contribution is 0.678. The van der Waals surface area contributed by atoms with Gasteiger partial charge in [0, 0.05) is 48.6 Å². The standard InChI is InChI=1S/C24H30N4/c1-15(2)22-10-9-21-18(14-27(5)24(21)26-22)8-7-16(3)20-12-19-11-17(4)28(6)23(19)25-13-20/h9-16H,7-8H2,1-6H3. The Hall–Kier alpha value is -2.62. The summed E-state index contributed by atoms with van der Waals surface area (Å²) in [7, 11) is 4.18. The van der Waals surface area contributed by atoms with Gasteiger partial charge in [-0.2, -0.15) is 0 Å². The number of hydrogen-bond acceptors (Lipinski definition) is 2. The molecule has 4 aromatic rings. The molecule has 0 spiro atoms. The second-order valence-corrected chi connectivity index (χ2v) is 8.49. The Morgan fingerprint density at radius 3 is 2.57 bits per heavy atom. The summed E-state index contributed by atoms with van der Waals surface area (Å²) in [6.07, 6.45) is 6.44. The van der Waals surface area contributed by atoms with Crippen LogP contribution in [0.1, 0.15) is 61.5 Å². The molecule has 0 bridgehead atoms. The fraction of sp³-hybridized carbons (Fsp3) is 0.417. The van der Waals surface area contributed by atoms with E-state index in [-0.39, 0.29) is 0 Å². The van der Waals surface area contributed by atoms with Gasteiger partial charge in [-0.15, -0.1) is 0 Å². The summed E-state index contributed by atoms with van der Waals surface area (Å²) >= 11 is 0. The Labute approximate surface area is 167 Å². The van der Waals surface area contributed by atoms with Gasteiger partial charge < -0.3 is 9.13 Å². The van der Waals surface area contributed by atoms with Crippen LogP contribution in [0.25, 0.3) is 22.1 Å². The number of rotatable bonds is 5. The molecule has 4 rings (SSSR count). The first kappa shape index (κ1) is 18.7. The summed E-state index contributed by atoms with van der Waals surface area (Å²) in [6.45, 7) is 8.82. The SMILES string of the molecule is Cc1cc2cc(C(C)CCc3cn(C)c4nc(C(C)C)ccc34)cnc2n1C. The van der Waals surface area contributed by atoms with Gasteiger partial charge in [0.25, 0.3) is 0 Å². The van der Waals surface area contributed by atoms with Gasteiger partial charge in [0.05, 0.1) is 0 Å². The minimum atomic E-state index is 0.451. The molecule has 0 N–H and O–H groups in total. The highest BCUT2D eigenvalue weighted by Gasteiger charge is 2.14. The van der Waals surface area contributed by atoms with Crippen LogP contribution in [0, 0.1) is 6.92 Å². The third-order valence-corrected chi connectivity index (χ3v) is 6.06. The minimum absolute atomic E-state index is 0.451. The molecule has 4 heterocycles. The van der Waals surface area contributed by atoms with Crippen molar-refractivity contribution in [2.45, 2.75) is 52.4 Å². The zero-order chi connectivity index (χ0) is 20.0. The molecule has 0 saturated carbocycles. The maximum atomic E-state index is 4.88. The van der Waals surface area contributed by atoms with E-state index in [0.29, 0.717) is 11.8 Å². The zero-order valence-corrected chi connectivity index (χ0v) is 17.8. The van der Waals surface area contributed by atoms with Crippen molar-refractivity contribution >= 4 is 22.1 Å². The molecule has 0 aromatic carbocycles. The van der Waals surface area contributed by atoms with E-state index in [1.807, 2.05) is 6.20 Å². The summed E-state index contributed by atoms with van der Waals surface area (Å²) in [5.41, 5.74) is 7.27. The van der Waals surface area contributed by atoms with Crippen LogP contribution in [0.2, 0.25) is 0 Å². The number of pyridine rings is 2. The topological polar surface area (TPSA) is 35.6 Å². The van der Waals surface area contributed by atoms with Crippen LogP contribution in [0.5, 0.6) is 0 Å². The van der Waals surface area contributed by atoms with Gasteiger partial charge in [0.15, 0.2) is 0 Å². The Bertz CT molecular complexity index is 1150. The van der Waals surface area contributed by atoms with Gasteiger partial charge in [0.1, 0.15) is 11.3 Å². The van der Waals surface area contributed by atoms with Crippen molar-refractivity contribution < 1.29 is 0 Å². The Morgan fingerprint density at radius 1 is 1.04 bits per heavy atom. The van der Waals surface area contributed by atoms with E-state index in [9.17, 15) is 0 Å². The van der Waals surface area contributed by atoms with Gasteiger partial charge in [-0.05, 0) is 67.0 Å². The van der Waals surface area contributed by atoms with Crippen LogP contribution in [-0.4, -0.2) is 19.1 Å². The van der Waals surface area contributed by atoms with Crippen molar-refractivity contribution in [2.75, 3.05) is 0 Å². The Kier molecular flexibility index (Phi) is 4.74. The van der Waals surface area contributed by atoms with Crippen LogP contribution < -0.4 is 0 Å². The van der Waals surface area contributed by atoms with E-state index in [2.05, 4.69) is 81.4 Å². The third kappa shape index (κ3) is 3.21. The lowest BCUT2D eigenvalue weighted by Gasteiger charge is -2.11. The molecule has 0 aliphatic heterocycles. The number of aromatic nitrogens is 4. The third-order valence-electron chi connectivity index (χ3n) is 6.06. The molecule has 4 aromatic heterocycles. The van der Waals surface area contributed by atoms with Gasteiger partial charge in [-0.3, -0.25) is 0 Å². The van der Waals surface area contributed by atoms with Crippen LogP contribution >= 0.6 is 0 Å². The molecule has 1 unspecified atom stereocenters. The van der Waals surface area contributed by atoms with Gasteiger partial charge in [-0.1, -0.05) is 20.8 Å². The molecule has 0 amide bonds. The van der Waals surface area contributed by atoms with Crippen molar-refractivity contribution in [3.63, 3.8) is 0 Å². The van der Waals surface area contributed by atoms with Crippen LogP contribution in [0.4, 0.5) is 0 Å². The number of nitrogens with zero attached hydrogens (tertiary/aromatic N) is 4. The first-order chi connectivity index (χ1) is 13.3. The summed E-state index contributed by atoms with van der Waals surface area (Å²) in [4.78, 5) is 9.58. The highest BCUT2D eigenvalue weighted by atomic mass is 15.0. The molecular weight excluding hydrogens is 344 g/mol. The molecule has 0 aliphatic carbocycles. The van der Waals surface area contributed by atoms with Crippen molar-refractivity contribution in [2.24, 2.45) is 14.1 Å². The molecule has 28 heavy (non-hydrogen) atoms. The van der Waals surface area contributed by atoms with E-state index in [4.69, 9.17) is 9.97 Å². The van der Waals surface area contributed by atoms with Gasteiger partial charge >= 0.3 is 0 Å². The van der Waals surface area contributed by atoms with Crippen molar-refractivity contribution in [3.05, 3.63) is 59.2 Å². The Morgan fingerprint density at radius 2 is 1.82 bits per heavy atom. The summed E-state index contributed by atoms with van der Waals surface area (Å²) in [6, 6.07) is 8.95. The predicted molar refractivity (Wildman–Crippen MR) is 117 cm³/mol. The second kappa shape index (κ2) is 7.08. The summed E-state index contributed by atoms with van der Waals surface area (Å²) in [5, 5.41) is 2.52. The highest BCUT2D eigenvalue weighted by Crippen LogP contribution is 2.28. The quantitative estimate of drug-likeness (QED) is 0.454. The number of hydrogen-bond donors (Lipinski definition) is 0. The monoisotopic (exact) mass is 374 g/mol. The van der Waals surface area contributed by atoms with Crippen LogP contribution in [0.3, 0.4) is 0 Å². The van der Waals surface area contributed by atoms with Crippen LogP contribution in [-0.2, 0) is 20.5 Å². The van der Waals surface area contributed by atoms with Crippen LogP contribution in [0.15, 0.2) is 36.7 Å². The largest absolute Gasteiger partial charge is 0.335 e. The fourth-order valence-corrected chi connectivity index (χ4v) is 4.04. The first-order valence-corrected chi connectivity index (χ1v) is 10.2. The van der Waals surface area contributed by atoms with Gasteiger partial charge in [-0.25, -0.2) is 9.97 Å². The normalized spacial score (nSPS) is 13.1. The molecule has 1 atom stereocenters. The van der Waals surface area contributed by atoms with E-state index in [1.54, 1.807) is 0 Å². The second-order valence-electron chi connectivity index (χ2n) is 8.49. The minimum Gasteiger partial charge on any atom is -0.335 e. The van der Waals surface area contributed by atoms with Crippen molar-refractivity contribution in [1.82, 2.24) is 19.1 Å². The highest BCUT2D eigenvalue weighted by molar-refractivity contribution is 5.81. The smallest absolute Gasteiger partial charge is 0.140 e. The predicted octanol–water partition coefficient (Wildman–Crippen LogP) is 5.63. The summed E-state index contributed by atoms with van der Waals surface area (Å²) < 4.78 is 4.32. The first-order valence-electron chi connectivity index (χ1n) is 10.2. The molecule has 4 nitrogen and oxygen atoms in total. The molecule has 0 radical (unpaired) electrons. The van der Waals surface area contributed by atoms with E-state index in [0.717, 1.165) is 29.8 Å². The number of aryl methyl sites for hydroxylation is 4. The molecule has 0 saturated heterocycles. The maximum Gasteiger partial charge on any atom is 0.140 e. The lowest BCUT2D eigenvalue weighted by Crippen LogP contribution is -1.98. The molecule has 0 fully saturated rings. The Balaban J connectivity index is 1.55. The van der Waals surface area contributed by atoms with E-state index < -0.39 is 0 Å². The maximum absolute atomic E-state index is 4.88. The molecular formula is C24H30N4. The van der Waals surface area contributed by atoms with Crippen molar-refractivity contribution in [1.29, 1.82) is 0 Å².